The van der Waals surface area contributed by atoms with Crippen molar-refractivity contribution in [2.24, 2.45) is 0 Å². The molecule has 148 valence electrons. The van der Waals surface area contributed by atoms with Crippen molar-refractivity contribution in [3.63, 3.8) is 0 Å². The Balaban J connectivity index is 1.90. The minimum Gasteiger partial charge on any atom is -0.336 e. The van der Waals surface area contributed by atoms with Crippen LogP contribution in [-0.2, 0) is 17.8 Å². The molecule has 2 amide bonds. The smallest absolute Gasteiger partial charge is 0.308 e. The fraction of sp³-hybridized carbons (Fsp3) is 0.348. The molecule has 5 nitrogen and oxygen atoms in total. The number of halogens is 1. The molecule has 6 heteroatoms. The van der Waals surface area contributed by atoms with Crippen LogP contribution in [0.25, 0.3) is 0 Å². The molecular weight excluding hydrogens is 477 g/mol. The van der Waals surface area contributed by atoms with Gasteiger partial charge in [-0.1, -0.05) is 18.9 Å². The number of aryl methyl sites for hydroxylation is 1. The SMILES string of the molecule is CC#CC(=O)N(c1ccc2c(n1)C(=O)N(C)C2)c1cc(CC)c(I)cc1C1CC1. The summed E-state index contributed by atoms with van der Waals surface area (Å²) >= 11 is 2.37. The van der Waals surface area contributed by atoms with Crippen LogP contribution in [0.4, 0.5) is 11.5 Å². The van der Waals surface area contributed by atoms with Crippen LogP contribution in [0.5, 0.6) is 0 Å². The summed E-state index contributed by atoms with van der Waals surface area (Å²) in [5.41, 5.74) is 4.48. The van der Waals surface area contributed by atoms with E-state index in [9.17, 15) is 9.59 Å². The number of hydrogen-bond acceptors (Lipinski definition) is 3. The maximum atomic E-state index is 13.1. The summed E-state index contributed by atoms with van der Waals surface area (Å²) in [6.45, 7) is 4.30. The van der Waals surface area contributed by atoms with E-state index < -0.39 is 0 Å². The van der Waals surface area contributed by atoms with Crippen molar-refractivity contribution in [3.05, 3.63) is 50.2 Å². The molecule has 0 bridgehead atoms. The van der Waals surface area contributed by atoms with Crippen molar-refractivity contribution in [3.8, 4) is 11.8 Å². The normalized spacial score (nSPS) is 15.0. The minimum absolute atomic E-state index is 0.116. The Morgan fingerprint density at radius 2 is 2.10 bits per heavy atom. The van der Waals surface area contributed by atoms with Gasteiger partial charge in [-0.05, 0) is 89.9 Å². The lowest BCUT2D eigenvalue weighted by Gasteiger charge is -2.24. The fourth-order valence-electron chi connectivity index (χ4n) is 3.73. The van der Waals surface area contributed by atoms with Crippen LogP contribution in [0, 0.1) is 15.4 Å². The predicted octanol–water partition coefficient (Wildman–Crippen LogP) is 4.40. The van der Waals surface area contributed by atoms with Gasteiger partial charge in [-0.25, -0.2) is 4.98 Å². The number of aromatic nitrogens is 1. The standard InChI is InChI=1S/C23H22IN3O2/c1-4-6-21(28)27(20-10-9-16-13-26(3)23(29)22(16)25-20)19-11-14(5-2)18(24)12-17(19)15-7-8-15/h9-12,15H,5,7-8,13H2,1-3H3. The number of hydrogen-bond donors (Lipinski definition) is 0. The minimum atomic E-state index is -0.330. The van der Waals surface area contributed by atoms with E-state index in [1.165, 1.54) is 9.13 Å². The first-order valence-electron chi connectivity index (χ1n) is 9.79. The first kappa shape index (κ1) is 19.9. The van der Waals surface area contributed by atoms with Gasteiger partial charge in [-0.2, -0.15) is 0 Å². The number of amides is 2. The van der Waals surface area contributed by atoms with Gasteiger partial charge < -0.3 is 4.90 Å². The summed E-state index contributed by atoms with van der Waals surface area (Å²) in [5, 5.41) is 0. The largest absolute Gasteiger partial charge is 0.336 e. The number of pyridine rings is 1. The number of benzene rings is 1. The summed E-state index contributed by atoms with van der Waals surface area (Å²) in [5.74, 6) is 5.84. The molecule has 2 aromatic rings. The zero-order valence-electron chi connectivity index (χ0n) is 16.8. The van der Waals surface area contributed by atoms with Gasteiger partial charge in [0.1, 0.15) is 11.5 Å². The van der Waals surface area contributed by atoms with Gasteiger partial charge in [0, 0.05) is 22.7 Å². The third-order valence-corrected chi connectivity index (χ3v) is 6.42. The monoisotopic (exact) mass is 499 g/mol. The summed E-state index contributed by atoms with van der Waals surface area (Å²) in [6, 6.07) is 8.00. The Hall–Kier alpha value is -2.40. The van der Waals surface area contributed by atoms with Crippen molar-refractivity contribution < 1.29 is 9.59 Å². The van der Waals surface area contributed by atoms with Gasteiger partial charge in [0.25, 0.3) is 5.91 Å². The van der Waals surface area contributed by atoms with Crippen molar-refractivity contribution >= 4 is 45.9 Å². The number of carbonyl (C=O) groups excluding carboxylic acids is 2. The zero-order valence-corrected chi connectivity index (χ0v) is 18.9. The summed E-state index contributed by atoms with van der Waals surface area (Å²) < 4.78 is 1.21. The highest BCUT2D eigenvalue weighted by atomic mass is 127. The molecule has 1 aromatic carbocycles. The van der Waals surface area contributed by atoms with Gasteiger partial charge in [0.2, 0.25) is 0 Å². The van der Waals surface area contributed by atoms with Crippen molar-refractivity contribution in [1.29, 1.82) is 0 Å². The highest BCUT2D eigenvalue weighted by Gasteiger charge is 2.33. The summed E-state index contributed by atoms with van der Waals surface area (Å²) in [6.07, 6.45) is 3.12. The van der Waals surface area contributed by atoms with E-state index in [1.54, 1.807) is 23.8 Å². The van der Waals surface area contributed by atoms with Crippen LogP contribution in [0.15, 0.2) is 24.3 Å². The first-order chi connectivity index (χ1) is 13.9. The molecule has 0 spiro atoms. The number of fused-ring (bicyclic) bond motifs is 1. The van der Waals surface area contributed by atoms with Gasteiger partial charge in [0.15, 0.2) is 0 Å². The van der Waals surface area contributed by atoms with E-state index in [-0.39, 0.29) is 11.8 Å². The molecule has 1 aromatic heterocycles. The van der Waals surface area contributed by atoms with Crippen LogP contribution in [0.3, 0.4) is 0 Å². The lowest BCUT2D eigenvalue weighted by atomic mass is 10.0. The van der Waals surface area contributed by atoms with Crippen LogP contribution >= 0.6 is 22.6 Å². The van der Waals surface area contributed by atoms with Crippen molar-refractivity contribution in [2.45, 2.75) is 45.6 Å². The average Bonchev–Trinajstić information content (AvgIpc) is 3.50. The van der Waals surface area contributed by atoms with Gasteiger partial charge in [-0.15, -0.1) is 0 Å². The lowest BCUT2D eigenvalue weighted by Crippen LogP contribution is -2.27. The first-order valence-corrected chi connectivity index (χ1v) is 10.9. The lowest BCUT2D eigenvalue weighted by molar-refractivity contribution is -0.112. The number of anilines is 2. The second-order valence-electron chi connectivity index (χ2n) is 7.48. The third kappa shape index (κ3) is 3.64. The molecular formula is C23H22IN3O2. The topological polar surface area (TPSA) is 53.5 Å². The summed E-state index contributed by atoms with van der Waals surface area (Å²) in [4.78, 5) is 33.4. The highest BCUT2D eigenvalue weighted by molar-refractivity contribution is 14.1. The van der Waals surface area contributed by atoms with Crippen molar-refractivity contribution in [1.82, 2.24) is 9.88 Å². The molecule has 0 atom stereocenters. The van der Waals surface area contributed by atoms with E-state index in [4.69, 9.17) is 0 Å². The van der Waals surface area contributed by atoms with Gasteiger partial charge >= 0.3 is 5.91 Å². The van der Waals surface area contributed by atoms with E-state index >= 15 is 0 Å². The third-order valence-electron chi connectivity index (χ3n) is 5.42. The number of nitrogens with zero attached hydrogens (tertiary/aromatic N) is 3. The molecule has 29 heavy (non-hydrogen) atoms. The van der Waals surface area contributed by atoms with Gasteiger partial charge in [-0.3, -0.25) is 14.5 Å². The van der Waals surface area contributed by atoms with E-state index in [0.29, 0.717) is 24.0 Å². The Kier molecular flexibility index (Phi) is 5.34. The van der Waals surface area contributed by atoms with Crippen LogP contribution < -0.4 is 4.90 Å². The molecule has 0 saturated heterocycles. The molecule has 4 rings (SSSR count). The van der Waals surface area contributed by atoms with Gasteiger partial charge in [0.05, 0.1) is 5.69 Å². The van der Waals surface area contributed by atoms with E-state index in [2.05, 4.69) is 58.5 Å². The van der Waals surface area contributed by atoms with Crippen LogP contribution in [0.1, 0.15) is 59.8 Å². The zero-order chi connectivity index (χ0) is 20.7. The second kappa shape index (κ2) is 7.79. The Morgan fingerprint density at radius 1 is 1.34 bits per heavy atom. The maximum Gasteiger partial charge on any atom is 0.308 e. The molecule has 0 unspecified atom stereocenters. The average molecular weight is 499 g/mol. The molecule has 2 heterocycles. The molecule has 1 aliphatic carbocycles. The Morgan fingerprint density at radius 3 is 2.76 bits per heavy atom. The fourth-order valence-corrected chi connectivity index (χ4v) is 4.60. The molecule has 0 N–H and O–H groups in total. The highest BCUT2D eigenvalue weighted by Crippen LogP contribution is 2.47. The molecule has 2 aliphatic rings. The predicted molar refractivity (Wildman–Crippen MR) is 121 cm³/mol. The van der Waals surface area contributed by atoms with Crippen molar-refractivity contribution in [2.75, 3.05) is 11.9 Å². The van der Waals surface area contributed by atoms with Crippen LogP contribution in [-0.4, -0.2) is 28.7 Å². The molecule has 1 aliphatic heterocycles. The number of rotatable bonds is 4. The number of carbonyl (C=O) groups is 2. The summed E-state index contributed by atoms with van der Waals surface area (Å²) in [7, 11) is 1.76. The maximum absolute atomic E-state index is 13.1. The van der Waals surface area contributed by atoms with E-state index in [1.807, 2.05) is 12.1 Å². The van der Waals surface area contributed by atoms with E-state index in [0.717, 1.165) is 36.1 Å². The molecule has 1 saturated carbocycles. The Labute approximate surface area is 184 Å². The molecule has 1 fully saturated rings. The Bertz CT molecular complexity index is 1080. The second-order valence-corrected chi connectivity index (χ2v) is 8.65. The van der Waals surface area contributed by atoms with Crippen LogP contribution in [0.2, 0.25) is 0 Å². The molecule has 0 radical (unpaired) electrons. The quantitative estimate of drug-likeness (QED) is 0.463.